The SMILES string of the molecule is Cc1ccccc1C(=O)NC(C)c1nc2ccccc2n1CC(=O)NC1CCCCC1. The highest BCUT2D eigenvalue weighted by Gasteiger charge is 2.22. The second kappa shape index (κ2) is 9.33. The lowest BCUT2D eigenvalue weighted by Gasteiger charge is -2.23. The molecular formula is C25H30N4O2. The Balaban J connectivity index is 1.56. The van der Waals surface area contributed by atoms with E-state index in [2.05, 4.69) is 10.6 Å². The zero-order valence-corrected chi connectivity index (χ0v) is 18.2. The van der Waals surface area contributed by atoms with Gasteiger partial charge in [-0.25, -0.2) is 4.98 Å². The Morgan fingerprint density at radius 1 is 1.06 bits per heavy atom. The number of benzene rings is 2. The minimum atomic E-state index is -0.345. The summed E-state index contributed by atoms with van der Waals surface area (Å²) < 4.78 is 1.93. The van der Waals surface area contributed by atoms with Crippen LogP contribution >= 0.6 is 0 Å². The Labute approximate surface area is 183 Å². The van der Waals surface area contributed by atoms with Crippen LogP contribution < -0.4 is 10.6 Å². The third kappa shape index (κ3) is 4.79. The van der Waals surface area contributed by atoms with Crippen LogP contribution in [0.1, 0.15) is 66.8 Å². The van der Waals surface area contributed by atoms with Crippen molar-refractivity contribution in [1.82, 2.24) is 20.2 Å². The Hall–Kier alpha value is -3.15. The quantitative estimate of drug-likeness (QED) is 0.627. The summed E-state index contributed by atoms with van der Waals surface area (Å²) in [6.07, 6.45) is 5.69. The number of fused-ring (bicyclic) bond motifs is 1. The fraction of sp³-hybridized carbons (Fsp3) is 0.400. The molecule has 1 heterocycles. The molecule has 6 nitrogen and oxygen atoms in total. The zero-order valence-electron chi connectivity index (χ0n) is 18.2. The summed E-state index contributed by atoms with van der Waals surface area (Å²) in [4.78, 5) is 30.4. The van der Waals surface area contributed by atoms with E-state index in [9.17, 15) is 9.59 Å². The van der Waals surface area contributed by atoms with Crippen LogP contribution in [0.25, 0.3) is 11.0 Å². The van der Waals surface area contributed by atoms with Crippen LogP contribution in [-0.4, -0.2) is 27.4 Å². The Bertz CT molecular complexity index is 1080. The van der Waals surface area contributed by atoms with E-state index in [0.29, 0.717) is 11.4 Å². The molecule has 1 saturated carbocycles. The van der Waals surface area contributed by atoms with Gasteiger partial charge in [0.15, 0.2) is 0 Å². The van der Waals surface area contributed by atoms with Gasteiger partial charge >= 0.3 is 0 Å². The van der Waals surface area contributed by atoms with Gasteiger partial charge in [0.1, 0.15) is 12.4 Å². The highest BCUT2D eigenvalue weighted by Crippen LogP contribution is 2.22. The first-order valence-corrected chi connectivity index (χ1v) is 11.1. The summed E-state index contributed by atoms with van der Waals surface area (Å²) in [6, 6.07) is 15.2. The van der Waals surface area contributed by atoms with Crippen molar-refractivity contribution in [2.75, 3.05) is 0 Å². The summed E-state index contributed by atoms with van der Waals surface area (Å²) in [5.74, 6) is 0.534. The number of aromatic nitrogens is 2. The molecule has 4 rings (SSSR count). The van der Waals surface area contributed by atoms with Crippen LogP contribution in [0.15, 0.2) is 48.5 Å². The number of para-hydroxylation sites is 2. The second-order valence-corrected chi connectivity index (χ2v) is 8.46. The number of hydrogen-bond acceptors (Lipinski definition) is 3. The van der Waals surface area contributed by atoms with Crippen LogP contribution in [0.3, 0.4) is 0 Å². The van der Waals surface area contributed by atoms with Crippen molar-refractivity contribution in [1.29, 1.82) is 0 Å². The van der Waals surface area contributed by atoms with Gasteiger partial charge in [-0.05, 0) is 50.5 Å². The number of aryl methyl sites for hydroxylation is 1. The predicted molar refractivity (Wildman–Crippen MR) is 122 cm³/mol. The molecule has 3 aromatic rings. The monoisotopic (exact) mass is 418 g/mol. The van der Waals surface area contributed by atoms with Gasteiger partial charge in [-0.1, -0.05) is 49.6 Å². The molecule has 1 aliphatic carbocycles. The third-order valence-corrected chi connectivity index (χ3v) is 6.08. The smallest absolute Gasteiger partial charge is 0.252 e. The molecule has 2 N–H and O–H groups in total. The van der Waals surface area contributed by atoms with Crippen molar-refractivity contribution in [3.63, 3.8) is 0 Å². The van der Waals surface area contributed by atoms with Crippen molar-refractivity contribution in [3.05, 3.63) is 65.5 Å². The van der Waals surface area contributed by atoms with Crippen molar-refractivity contribution in [2.24, 2.45) is 0 Å². The first-order chi connectivity index (χ1) is 15.0. The van der Waals surface area contributed by atoms with Gasteiger partial charge < -0.3 is 15.2 Å². The molecule has 1 aromatic heterocycles. The first kappa shape index (κ1) is 21.1. The number of rotatable bonds is 6. The van der Waals surface area contributed by atoms with Crippen LogP contribution in [-0.2, 0) is 11.3 Å². The van der Waals surface area contributed by atoms with Gasteiger partial charge in [-0.2, -0.15) is 0 Å². The lowest BCUT2D eigenvalue weighted by Crippen LogP contribution is -2.38. The largest absolute Gasteiger partial charge is 0.352 e. The standard InChI is InChI=1S/C25H30N4O2/c1-17-10-6-7-13-20(17)25(31)26-18(2)24-28-21-14-8-9-15-22(21)29(24)16-23(30)27-19-11-4-3-5-12-19/h6-10,13-15,18-19H,3-5,11-12,16H2,1-2H3,(H,26,31)(H,27,30). The van der Waals surface area contributed by atoms with E-state index in [1.165, 1.54) is 19.3 Å². The number of nitrogens with zero attached hydrogens (tertiary/aromatic N) is 2. The summed E-state index contributed by atoms with van der Waals surface area (Å²) >= 11 is 0. The Kier molecular flexibility index (Phi) is 6.35. The number of amides is 2. The molecule has 0 radical (unpaired) electrons. The molecule has 31 heavy (non-hydrogen) atoms. The molecule has 0 saturated heterocycles. The van der Waals surface area contributed by atoms with Gasteiger partial charge in [0.25, 0.3) is 5.91 Å². The normalized spacial score (nSPS) is 15.5. The maximum atomic E-state index is 12.8. The van der Waals surface area contributed by atoms with Crippen molar-refractivity contribution in [2.45, 2.75) is 64.6 Å². The number of carbonyl (C=O) groups is 2. The molecule has 1 unspecified atom stereocenters. The van der Waals surface area contributed by atoms with Crippen LogP contribution in [0.5, 0.6) is 0 Å². The van der Waals surface area contributed by atoms with E-state index in [0.717, 1.165) is 29.4 Å². The highest BCUT2D eigenvalue weighted by atomic mass is 16.2. The topological polar surface area (TPSA) is 76.0 Å². The molecule has 162 valence electrons. The molecule has 0 spiro atoms. The number of carbonyl (C=O) groups excluding carboxylic acids is 2. The molecule has 1 atom stereocenters. The first-order valence-electron chi connectivity index (χ1n) is 11.1. The van der Waals surface area contributed by atoms with E-state index < -0.39 is 0 Å². The minimum absolute atomic E-state index is 0.00580. The fourth-order valence-corrected chi connectivity index (χ4v) is 4.42. The molecule has 1 fully saturated rings. The van der Waals surface area contributed by atoms with Crippen molar-refractivity contribution >= 4 is 22.8 Å². The van der Waals surface area contributed by atoms with E-state index in [1.54, 1.807) is 0 Å². The molecule has 6 heteroatoms. The Morgan fingerprint density at radius 3 is 2.55 bits per heavy atom. The molecule has 0 bridgehead atoms. The summed E-state index contributed by atoms with van der Waals surface area (Å²) in [6.45, 7) is 4.02. The average molecular weight is 419 g/mol. The molecular weight excluding hydrogens is 388 g/mol. The zero-order chi connectivity index (χ0) is 21.8. The summed E-state index contributed by atoms with van der Waals surface area (Å²) in [5, 5.41) is 6.24. The van der Waals surface area contributed by atoms with Gasteiger partial charge in [0.05, 0.1) is 17.1 Å². The maximum absolute atomic E-state index is 12.8. The molecule has 1 aliphatic rings. The minimum Gasteiger partial charge on any atom is -0.352 e. The van der Waals surface area contributed by atoms with Gasteiger partial charge in [-0.3, -0.25) is 9.59 Å². The van der Waals surface area contributed by atoms with E-state index in [1.807, 2.05) is 66.9 Å². The molecule has 2 amide bonds. The van der Waals surface area contributed by atoms with Gasteiger partial charge in [0, 0.05) is 11.6 Å². The molecule has 2 aromatic carbocycles. The van der Waals surface area contributed by atoms with E-state index in [4.69, 9.17) is 4.98 Å². The number of nitrogens with one attached hydrogen (secondary N) is 2. The van der Waals surface area contributed by atoms with E-state index >= 15 is 0 Å². The predicted octanol–water partition coefficient (Wildman–Crippen LogP) is 4.28. The summed E-state index contributed by atoms with van der Waals surface area (Å²) in [5.41, 5.74) is 3.29. The lowest BCUT2D eigenvalue weighted by molar-refractivity contribution is -0.122. The number of hydrogen-bond donors (Lipinski definition) is 2. The second-order valence-electron chi connectivity index (χ2n) is 8.46. The van der Waals surface area contributed by atoms with Crippen molar-refractivity contribution in [3.8, 4) is 0 Å². The van der Waals surface area contributed by atoms with Crippen molar-refractivity contribution < 1.29 is 9.59 Å². The van der Waals surface area contributed by atoms with Gasteiger partial charge in [0.2, 0.25) is 5.91 Å². The van der Waals surface area contributed by atoms with Crippen LogP contribution in [0.4, 0.5) is 0 Å². The number of imidazole rings is 1. The maximum Gasteiger partial charge on any atom is 0.252 e. The van der Waals surface area contributed by atoms with Crippen LogP contribution in [0.2, 0.25) is 0 Å². The van der Waals surface area contributed by atoms with E-state index in [-0.39, 0.29) is 30.4 Å². The van der Waals surface area contributed by atoms with Gasteiger partial charge in [-0.15, -0.1) is 0 Å². The molecule has 0 aliphatic heterocycles. The van der Waals surface area contributed by atoms with Crippen LogP contribution in [0, 0.1) is 6.92 Å². The third-order valence-electron chi connectivity index (χ3n) is 6.08. The average Bonchev–Trinajstić information content (AvgIpc) is 3.13. The highest BCUT2D eigenvalue weighted by molar-refractivity contribution is 5.95. The Morgan fingerprint density at radius 2 is 1.77 bits per heavy atom. The lowest BCUT2D eigenvalue weighted by atomic mass is 9.95. The summed E-state index contributed by atoms with van der Waals surface area (Å²) in [7, 11) is 0. The fourth-order valence-electron chi connectivity index (χ4n) is 4.42.